The molecule has 1 aliphatic carbocycles. The van der Waals surface area contributed by atoms with Crippen LogP contribution in [0.5, 0.6) is 5.75 Å². The topological polar surface area (TPSA) is 98.8 Å². The number of carbonyl (C=O) groups is 1. The van der Waals surface area contributed by atoms with Gasteiger partial charge in [-0.05, 0) is 75.4 Å². The van der Waals surface area contributed by atoms with Crippen molar-refractivity contribution in [2.45, 2.75) is 86.7 Å². The Bertz CT molecular complexity index is 1330. The zero-order chi connectivity index (χ0) is 29.2. The first-order valence-electron chi connectivity index (χ1n) is 12.5. The maximum Gasteiger partial charge on any atom is 0.416 e. The first-order valence-corrected chi connectivity index (χ1v) is 15.4. The van der Waals surface area contributed by atoms with Gasteiger partial charge in [-0.1, -0.05) is 26.0 Å². The molecule has 1 aliphatic rings. The molecular weight excluding hydrogens is 555 g/mol. The standard InChI is InChI=1S/C27H34F3NO6S2/c1-17(2)38(33)19-12-18(27(28,29)30)13-20(14-19)39(34,35)16-31-23-10-6-9-22-21(23)8-7-11-24(22)36-15-25(32)37-26(3,4)5/h7-8,11-14,17,23,31H,6,9-10,15-16H2,1-5H3/t23-,38?/m1/s1. The normalized spacial score (nSPS) is 17.0. The summed E-state index contributed by atoms with van der Waals surface area (Å²) >= 11 is 0. The molecule has 3 rings (SSSR count). The van der Waals surface area contributed by atoms with Gasteiger partial charge >= 0.3 is 12.1 Å². The van der Waals surface area contributed by atoms with E-state index in [0.29, 0.717) is 31.1 Å². The molecule has 2 aromatic carbocycles. The zero-order valence-electron chi connectivity index (χ0n) is 22.6. The van der Waals surface area contributed by atoms with Crippen molar-refractivity contribution in [3.8, 4) is 5.75 Å². The smallest absolute Gasteiger partial charge is 0.416 e. The molecule has 0 radical (unpaired) electrons. The number of ether oxygens (including phenoxy) is 2. The van der Waals surface area contributed by atoms with Gasteiger partial charge < -0.3 is 9.47 Å². The predicted molar refractivity (Wildman–Crippen MR) is 142 cm³/mol. The van der Waals surface area contributed by atoms with Gasteiger partial charge in [0.2, 0.25) is 0 Å². The third-order valence-electron chi connectivity index (χ3n) is 5.98. The number of fused-ring (bicyclic) bond motifs is 1. The van der Waals surface area contributed by atoms with E-state index in [2.05, 4.69) is 5.32 Å². The van der Waals surface area contributed by atoms with Gasteiger partial charge in [0, 0.05) is 16.2 Å². The van der Waals surface area contributed by atoms with Crippen LogP contribution in [0.4, 0.5) is 13.2 Å². The van der Waals surface area contributed by atoms with Gasteiger partial charge in [-0.2, -0.15) is 13.2 Å². The highest BCUT2D eigenvalue weighted by Crippen LogP contribution is 2.36. The number of carbonyl (C=O) groups excluding carboxylic acids is 1. The summed E-state index contributed by atoms with van der Waals surface area (Å²) in [7, 11) is -6.02. The van der Waals surface area contributed by atoms with Gasteiger partial charge in [0.25, 0.3) is 0 Å². The Hall–Kier alpha value is -2.44. The molecule has 0 heterocycles. The summed E-state index contributed by atoms with van der Waals surface area (Å²) < 4.78 is 90.4. The zero-order valence-corrected chi connectivity index (χ0v) is 24.2. The van der Waals surface area contributed by atoms with Crippen LogP contribution in [0.2, 0.25) is 0 Å². The molecule has 0 saturated carbocycles. The molecule has 0 spiro atoms. The summed E-state index contributed by atoms with van der Waals surface area (Å²) in [6, 6.07) is 7.25. The first kappa shape index (κ1) is 31.1. The largest absolute Gasteiger partial charge is 0.482 e. The number of halogens is 3. The fraction of sp³-hybridized carbons (Fsp3) is 0.519. The Morgan fingerprint density at radius 3 is 2.46 bits per heavy atom. The van der Waals surface area contributed by atoms with Crippen LogP contribution < -0.4 is 10.1 Å². The predicted octanol–water partition coefficient (Wildman–Crippen LogP) is 5.34. The summed E-state index contributed by atoms with van der Waals surface area (Å²) in [5, 5.41) is 2.48. The molecule has 1 unspecified atom stereocenters. The second-order valence-electron chi connectivity index (χ2n) is 10.6. The molecule has 12 heteroatoms. The van der Waals surface area contributed by atoms with Crippen LogP contribution in [0.3, 0.4) is 0 Å². The van der Waals surface area contributed by atoms with E-state index in [4.69, 9.17) is 9.47 Å². The molecule has 0 bridgehead atoms. The average molecular weight is 590 g/mol. The maximum atomic E-state index is 13.5. The van der Waals surface area contributed by atoms with Gasteiger partial charge in [-0.25, -0.2) is 13.2 Å². The van der Waals surface area contributed by atoms with Crippen molar-refractivity contribution in [2.75, 3.05) is 12.5 Å². The molecule has 2 aromatic rings. The van der Waals surface area contributed by atoms with Crippen LogP contribution >= 0.6 is 0 Å². The lowest BCUT2D eigenvalue weighted by atomic mass is 9.87. The Labute approximate surface area is 229 Å². The summed E-state index contributed by atoms with van der Waals surface area (Å²) in [4.78, 5) is 11.4. The van der Waals surface area contributed by atoms with Gasteiger partial charge in [-0.3, -0.25) is 9.53 Å². The molecule has 0 amide bonds. The lowest BCUT2D eigenvalue weighted by molar-refractivity contribution is -0.157. The molecule has 0 aromatic heterocycles. The number of esters is 1. The molecule has 39 heavy (non-hydrogen) atoms. The number of hydrogen-bond donors (Lipinski definition) is 1. The number of rotatable bonds is 9. The second-order valence-corrected chi connectivity index (χ2v) is 14.6. The molecule has 216 valence electrons. The van der Waals surface area contributed by atoms with E-state index in [0.717, 1.165) is 23.3 Å². The van der Waals surface area contributed by atoms with Gasteiger partial charge in [-0.15, -0.1) is 0 Å². The van der Waals surface area contributed by atoms with E-state index in [9.17, 15) is 30.6 Å². The minimum atomic E-state index is -4.80. The molecule has 7 nitrogen and oxygen atoms in total. The number of hydrogen-bond acceptors (Lipinski definition) is 7. The summed E-state index contributed by atoms with van der Waals surface area (Å²) in [6.45, 7) is 8.14. The third-order valence-corrected chi connectivity index (χ3v) is 9.03. The maximum absolute atomic E-state index is 13.5. The highest BCUT2D eigenvalue weighted by Gasteiger charge is 2.34. The highest BCUT2D eigenvalue weighted by atomic mass is 32.2. The Morgan fingerprint density at radius 1 is 1.15 bits per heavy atom. The van der Waals surface area contributed by atoms with Crippen molar-refractivity contribution < 1.29 is 40.1 Å². The van der Waals surface area contributed by atoms with Crippen LogP contribution in [0.15, 0.2) is 46.2 Å². The van der Waals surface area contributed by atoms with E-state index in [1.807, 2.05) is 6.07 Å². The number of nitrogens with one attached hydrogen (secondary N) is 1. The van der Waals surface area contributed by atoms with E-state index < -0.39 is 66.0 Å². The number of sulfone groups is 1. The summed E-state index contributed by atoms with van der Waals surface area (Å²) in [5.74, 6) is -0.642. The van der Waals surface area contributed by atoms with Crippen LogP contribution in [-0.2, 0) is 42.8 Å². The van der Waals surface area contributed by atoms with Crippen molar-refractivity contribution in [3.05, 3.63) is 53.1 Å². The van der Waals surface area contributed by atoms with Crippen molar-refractivity contribution >= 4 is 26.6 Å². The fourth-order valence-corrected chi connectivity index (χ4v) is 6.57. The molecule has 1 N–H and O–H groups in total. The van der Waals surface area contributed by atoms with Gasteiger partial charge in [0.05, 0.1) is 21.3 Å². The van der Waals surface area contributed by atoms with Crippen LogP contribution in [-0.4, -0.2) is 41.9 Å². The van der Waals surface area contributed by atoms with Crippen LogP contribution in [0.25, 0.3) is 0 Å². The third kappa shape index (κ3) is 8.28. The quantitative estimate of drug-likeness (QED) is 0.394. The van der Waals surface area contributed by atoms with Crippen LogP contribution in [0, 0.1) is 0 Å². The number of alkyl halides is 3. The first-order chi connectivity index (χ1) is 18.0. The fourth-order valence-electron chi connectivity index (χ4n) is 4.27. The van der Waals surface area contributed by atoms with Crippen LogP contribution in [0.1, 0.15) is 70.2 Å². The van der Waals surface area contributed by atoms with Crippen molar-refractivity contribution in [3.63, 3.8) is 0 Å². The monoisotopic (exact) mass is 589 g/mol. The minimum Gasteiger partial charge on any atom is -0.482 e. The Morgan fingerprint density at radius 2 is 1.85 bits per heavy atom. The van der Waals surface area contributed by atoms with Gasteiger partial charge in [0.15, 0.2) is 16.4 Å². The lowest BCUT2D eigenvalue weighted by Gasteiger charge is -2.28. The number of benzene rings is 2. The summed E-state index contributed by atoms with van der Waals surface area (Å²) in [5.41, 5.74) is -0.191. The molecule has 0 fully saturated rings. The molecule has 0 aliphatic heterocycles. The lowest BCUT2D eigenvalue weighted by Crippen LogP contribution is -2.31. The summed E-state index contributed by atoms with van der Waals surface area (Å²) in [6.07, 6.45) is -2.84. The SMILES string of the molecule is CC(C)S(=O)c1cc(C(F)(F)F)cc(S(=O)(=O)CN[C@@H]2CCCc3c(OCC(=O)OC(C)(C)C)cccc32)c1. The molecular formula is C27H34F3NO6S2. The van der Waals surface area contributed by atoms with Gasteiger partial charge in [0.1, 0.15) is 17.2 Å². The van der Waals surface area contributed by atoms with E-state index in [1.54, 1.807) is 46.8 Å². The van der Waals surface area contributed by atoms with Crippen molar-refractivity contribution in [2.24, 2.45) is 0 Å². The van der Waals surface area contributed by atoms with Crippen molar-refractivity contribution in [1.29, 1.82) is 0 Å². The van der Waals surface area contributed by atoms with E-state index in [-0.39, 0.29) is 11.5 Å². The Balaban J connectivity index is 1.81. The average Bonchev–Trinajstić information content (AvgIpc) is 2.83. The Kier molecular flexibility index (Phi) is 9.55. The minimum absolute atomic E-state index is 0.187. The van der Waals surface area contributed by atoms with Crippen molar-refractivity contribution in [1.82, 2.24) is 5.32 Å². The molecule has 0 saturated heterocycles. The molecule has 2 atom stereocenters. The highest BCUT2D eigenvalue weighted by molar-refractivity contribution is 7.91. The van der Waals surface area contributed by atoms with E-state index in [1.165, 1.54) is 0 Å². The van der Waals surface area contributed by atoms with E-state index >= 15 is 0 Å². The second kappa shape index (κ2) is 12.0.